The Balaban J connectivity index is 0.687. The predicted molar refractivity (Wildman–Crippen MR) is 321 cm³/mol. The first-order chi connectivity index (χ1) is 36.6. The van der Waals surface area contributed by atoms with Gasteiger partial charge in [0.15, 0.2) is 0 Å². The zero-order valence-corrected chi connectivity index (χ0v) is 41.5. The third-order valence-corrected chi connectivity index (χ3v) is 16.3. The summed E-state index contributed by atoms with van der Waals surface area (Å²) in [6.45, 7) is 0. The maximum Gasteiger partial charge on any atom is 0.0433 e. The van der Waals surface area contributed by atoms with Crippen molar-refractivity contribution in [3.05, 3.63) is 290 Å². The highest BCUT2D eigenvalue weighted by Crippen LogP contribution is 2.42. The number of benzene rings is 12. The van der Waals surface area contributed by atoms with E-state index < -0.39 is 0 Å². The number of hydrogen-bond donors (Lipinski definition) is 0. The second-order valence-corrected chi connectivity index (χ2v) is 20.6. The van der Waals surface area contributed by atoms with E-state index in [-0.39, 0.29) is 0 Å². The van der Waals surface area contributed by atoms with Gasteiger partial charge in [0.2, 0.25) is 0 Å². The van der Waals surface area contributed by atoms with Crippen LogP contribution in [-0.4, -0.2) is 0 Å². The maximum absolute atomic E-state index is 2.38. The van der Waals surface area contributed by atoms with Crippen LogP contribution in [0.1, 0.15) is 17.5 Å². The minimum Gasteiger partial charge on any atom is -0.135 e. The monoisotopic (exact) mass is 956 g/mol. The van der Waals surface area contributed by atoms with Gasteiger partial charge in [0.05, 0.1) is 0 Å². The molecule has 12 aromatic carbocycles. The molecule has 0 fully saturated rings. The van der Waals surface area contributed by atoms with Gasteiger partial charge in [-0.25, -0.2) is 0 Å². The summed E-state index contributed by atoms with van der Waals surface area (Å²) in [6, 6.07) is 94.0. The van der Waals surface area contributed by atoms with E-state index in [4.69, 9.17) is 0 Å². The normalized spacial score (nSPS) is 12.6. The number of rotatable bonds is 8. The van der Waals surface area contributed by atoms with Crippen LogP contribution in [0.4, 0.5) is 0 Å². The Kier molecular flexibility index (Phi) is 10.9. The third kappa shape index (κ3) is 7.96. The van der Waals surface area contributed by atoms with Gasteiger partial charge in [-0.1, -0.05) is 237 Å². The molecule has 74 heavy (non-hydrogen) atoms. The lowest BCUT2D eigenvalue weighted by Gasteiger charge is -2.13. The second kappa shape index (κ2) is 18.5. The Morgan fingerprint density at radius 2 is 0.581 bits per heavy atom. The lowest BCUT2D eigenvalue weighted by molar-refractivity contribution is 1.40. The molecule has 0 saturated carbocycles. The van der Waals surface area contributed by atoms with Crippen LogP contribution in [-0.2, 0) is 0 Å². The summed E-state index contributed by atoms with van der Waals surface area (Å²) < 4.78 is 2.68. The van der Waals surface area contributed by atoms with Crippen molar-refractivity contribution in [3.63, 3.8) is 0 Å². The summed E-state index contributed by atoms with van der Waals surface area (Å²) in [6.07, 6.45) is 10.1. The Morgan fingerprint density at radius 1 is 0.230 bits per heavy atom. The average Bonchev–Trinajstić information content (AvgIpc) is 3.69. The molecule has 0 aliphatic heterocycles. The predicted octanol–water partition coefficient (Wildman–Crippen LogP) is 20.9. The first-order valence-corrected chi connectivity index (χ1v) is 26.4. The molecule has 0 bridgehead atoms. The van der Waals surface area contributed by atoms with Crippen LogP contribution in [0.2, 0.25) is 0 Å². The first kappa shape index (κ1) is 43.6. The summed E-state index contributed by atoms with van der Waals surface area (Å²) >= 11 is 1.88. The van der Waals surface area contributed by atoms with Gasteiger partial charge in [0.1, 0.15) is 0 Å². The molecule has 0 unspecified atom stereocenters. The van der Waals surface area contributed by atoms with Crippen LogP contribution in [0, 0.1) is 0 Å². The van der Waals surface area contributed by atoms with E-state index >= 15 is 0 Å². The molecule has 0 spiro atoms. The minimum absolute atomic E-state index is 0.853. The van der Waals surface area contributed by atoms with Gasteiger partial charge in [0.25, 0.3) is 0 Å². The average molecular weight is 957 g/mol. The largest absolute Gasteiger partial charge is 0.135 e. The molecule has 1 aliphatic rings. The zero-order chi connectivity index (χ0) is 49.0. The van der Waals surface area contributed by atoms with Crippen molar-refractivity contribution in [1.82, 2.24) is 0 Å². The summed E-state index contributed by atoms with van der Waals surface area (Å²) in [4.78, 5) is 0. The van der Waals surface area contributed by atoms with Crippen LogP contribution in [0.5, 0.6) is 0 Å². The van der Waals surface area contributed by atoms with Crippen molar-refractivity contribution in [2.24, 2.45) is 0 Å². The standard InChI is InChI=1S/C73H48S/c1-2-28-66-64(26-1)65-27-3-4-29-67(65)71-47-61(40-41-68(66)71)60-24-11-23-59(45-60)57-21-9-17-53(43-57)49-15-7-14-48(34-35-49)52-16-8-20-56(42-52)58-22-10-18-54(44-58)50-36-38-51(39-37-50)55-19-12-25-62(46-55)63-31-13-32-70-69-30-5-6-33-72(69)74-73(63)70/h1-6,8-47H,7H2. The van der Waals surface area contributed by atoms with Crippen LogP contribution in [0.25, 0.3) is 130 Å². The van der Waals surface area contributed by atoms with Crippen molar-refractivity contribution in [2.75, 3.05) is 0 Å². The molecule has 0 nitrogen and oxygen atoms in total. The molecule has 0 radical (unpaired) electrons. The molecular formula is C73H48S. The van der Waals surface area contributed by atoms with Crippen LogP contribution < -0.4 is 0 Å². The van der Waals surface area contributed by atoms with Crippen molar-refractivity contribution in [1.29, 1.82) is 0 Å². The fourth-order valence-electron chi connectivity index (χ4n) is 11.4. The summed E-state index contributed by atoms with van der Waals surface area (Å²) in [5.41, 5.74) is 19.5. The van der Waals surface area contributed by atoms with Gasteiger partial charge < -0.3 is 0 Å². The van der Waals surface area contributed by atoms with E-state index in [0.29, 0.717) is 0 Å². The summed E-state index contributed by atoms with van der Waals surface area (Å²) in [7, 11) is 0. The topological polar surface area (TPSA) is 0 Å². The first-order valence-electron chi connectivity index (χ1n) is 25.6. The Labute approximate surface area is 435 Å². The molecule has 1 aromatic heterocycles. The number of allylic oxidation sites excluding steroid dienone is 6. The molecule has 14 rings (SSSR count). The van der Waals surface area contributed by atoms with Crippen molar-refractivity contribution in [2.45, 2.75) is 6.42 Å². The highest BCUT2D eigenvalue weighted by Gasteiger charge is 2.14. The van der Waals surface area contributed by atoms with Crippen LogP contribution in [0.3, 0.4) is 0 Å². The molecule has 1 heterocycles. The van der Waals surface area contributed by atoms with E-state index in [1.54, 1.807) is 0 Å². The molecule has 0 N–H and O–H groups in total. The van der Waals surface area contributed by atoms with E-state index in [0.717, 1.165) is 6.42 Å². The van der Waals surface area contributed by atoms with Gasteiger partial charge in [-0.3, -0.25) is 0 Å². The van der Waals surface area contributed by atoms with Crippen LogP contribution >= 0.6 is 11.3 Å². The highest BCUT2D eigenvalue weighted by atomic mass is 32.1. The quantitative estimate of drug-likeness (QED) is 0.133. The van der Waals surface area contributed by atoms with E-state index in [1.807, 2.05) is 11.3 Å². The van der Waals surface area contributed by atoms with E-state index in [1.165, 1.54) is 142 Å². The molecule has 13 aromatic rings. The lowest BCUT2D eigenvalue weighted by atomic mass is 9.91. The zero-order valence-electron chi connectivity index (χ0n) is 40.7. The SMILES string of the molecule is C1=CC(c2cccc(-c3cccc(-c4ccc5c6ccccc6c6ccccc6c5c4)c3)c2)=CCC=C1c1cccc(-c2cccc(-c3ccc(-c4cccc(-c5cccc6c5sc5ccccc56)c4)cc3)c2)c1. The van der Waals surface area contributed by atoms with Gasteiger partial charge in [-0.15, -0.1) is 11.3 Å². The fraction of sp³-hybridized carbons (Fsp3) is 0.0137. The Bertz CT molecular complexity index is 4410. The molecule has 0 amide bonds. The maximum atomic E-state index is 2.38. The van der Waals surface area contributed by atoms with Gasteiger partial charge in [-0.05, 0) is 170 Å². The summed E-state index contributed by atoms with van der Waals surface area (Å²) in [5, 5.41) is 10.4. The lowest BCUT2D eigenvalue weighted by Crippen LogP contribution is -1.87. The van der Waals surface area contributed by atoms with Crippen molar-refractivity contribution < 1.29 is 0 Å². The minimum atomic E-state index is 0.853. The molecule has 1 heteroatoms. The van der Waals surface area contributed by atoms with E-state index in [9.17, 15) is 0 Å². The van der Waals surface area contributed by atoms with Gasteiger partial charge in [0, 0.05) is 20.2 Å². The molecule has 0 atom stereocenters. The molecule has 0 saturated heterocycles. The Morgan fingerprint density at radius 3 is 1.11 bits per heavy atom. The van der Waals surface area contributed by atoms with E-state index in [2.05, 4.69) is 279 Å². The smallest absolute Gasteiger partial charge is 0.0433 e. The molecular weight excluding hydrogens is 909 g/mol. The second-order valence-electron chi connectivity index (χ2n) is 19.5. The molecule has 346 valence electrons. The molecule has 1 aliphatic carbocycles. The summed E-state index contributed by atoms with van der Waals surface area (Å²) in [5.74, 6) is 0. The van der Waals surface area contributed by atoms with Gasteiger partial charge >= 0.3 is 0 Å². The van der Waals surface area contributed by atoms with Crippen LogP contribution in [0.15, 0.2) is 279 Å². The number of thiophene rings is 1. The number of fused-ring (bicyclic) bond motifs is 9. The van der Waals surface area contributed by atoms with Crippen molar-refractivity contribution >= 4 is 75.0 Å². The number of hydrogen-bond acceptors (Lipinski definition) is 1. The fourth-order valence-corrected chi connectivity index (χ4v) is 12.6. The van der Waals surface area contributed by atoms with Gasteiger partial charge in [-0.2, -0.15) is 0 Å². The van der Waals surface area contributed by atoms with Crippen molar-refractivity contribution in [3.8, 4) is 66.8 Å². The Hall–Kier alpha value is -9.14. The highest BCUT2D eigenvalue weighted by molar-refractivity contribution is 7.26. The third-order valence-electron chi connectivity index (χ3n) is 15.1.